The van der Waals surface area contributed by atoms with Crippen molar-refractivity contribution in [3.05, 3.63) is 49.3 Å². The first-order valence-corrected chi connectivity index (χ1v) is 7.38. The number of hydrogen-bond donors (Lipinski definition) is 1. The summed E-state index contributed by atoms with van der Waals surface area (Å²) in [5.41, 5.74) is 1.44. The Kier molecular flexibility index (Phi) is 3.54. The maximum atomic E-state index is 10.7. The number of nitriles is 1. The van der Waals surface area contributed by atoms with Crippen LogP contribution >= 0.6 is 11.3 Å². The highest BCUT2D eigenvalue weighted by molar-refractivity contribution is 7.12. The summed E-state index contributed by atoms with van der Waals surface area (Å²) < 4.78 is 0. The van der Waals surface area contributed by atoms with E-state index in [1.54, 1.807) is 11.3 Å². The largest absolute Gasteiger partial charge is 0.364 e. The van der Waals surface area contributed by atoms with Gasteiger partial charge in [0.2, 0.25) is 0 Å². The van der Waals surface area contributed by atoms with Gasteiger partial charge < -0.3 is 5.32 Å². The van der Waals surface area contributed by atoms with E-state index in [9.17, 15) is 10.1 Å². The minimum Gasteiger partial charge on any atom is -0.364 e. The van der Waals surface area contributed by atoms with E-state index in [4.69, 9.17) is 5.26 Å². The highest BCUT2D eigenvalue weighted by Crippen LogP contribution is 2.31. The third-order valence-electron chi connectivity index (χ3n) is 3.43. The number of pyridine rings is 1. The molecule has 0 fully saturated rings. The van der Waals surface area contributed by atoms with Gasteiger partial charge in [-0.3, -0.25) is 10.1 Å². The lowest BCUT2D eigenvalue weighted by Gasteiger charge is -2.05. The van der Waals surface area contributed by atoms with Crippen LogP contribution in [-0.2, 0) is 19.4 Å². The van der Waals surface area contributed by atoms with Crippen molar-refractivity contribution in [2.45, 2.75) is 25.8 Å². The molecule has 1 N–H and O–H groups in total. The number of thiophene rings is 1. The summed E-state index contributed by atoms with van der Waals surface area (Å²) >= 11 is 1.78. The van der Waals surface area contributed by atoms with E-state index in [1.165, 1.54) is 27.8 Å². The van der Waals surface area contributed by atoms with Crippen LogP contribution in [0.2, 0.25) is 0 Å². The van der Waals surface area contributed by atoms with Gasteiger partial charge in [0.25, 0.3) is 5.69 Å². The molecule has 0 spiro atoms. The molecule has 0 amide bonds. The van der Waals surface area contributed by atoms with Gasteiger partial charge in [-0.15, -0.1) is 11.3 Å². The molecule has 0 saturated carbocycles. The van der Waals surface area contributed by atoms with Crippen molar-refractivity contribution in [3.8, 4) is 6.07 Å². The number of rotatable bonds is 4. The molecule has 0 unspecified atom stereocenters. The Morgan fingerprint density at radius 2 is 2.33 bits per heavy atom. The van der Waals surface area contributed by atoms with Gasteiger partial charge in [0, 0.05) is 15.8 Å². The zero-order valence-corrected chi connectivity index (χ0v) is 11.9. The molecular formula is C14H12N4O2S. The van der Waals surface area contributed by atoms with Crippen LogP contribution in [0.25, 0.3) is 0 Å². The Bertz CT molecular complexity index is 726. The van der Waals surface area contributed by atoms with Gasteiger partial charge in [-0.1, -0.05) is 0 Å². The lowest BCUT2D eigenvalue weighted by atomic mass is 10.2. The summed E-state index contributed by atoms with van der Waals surface area (Å²) in [5.74, 6) is 0.386. The molecule has 21 heavy (non-hydrogen) atoms. The first kappa shape index (κ1) is 13.5. The third-order valence-corrected chi connectivity index (χ3v) is 4.67. The first-order chi connectivity index (χ1) is 10.2. The van der Waals surface area contributed by atoms with Crippen LogP contribution in [0.3, 0.4) is 0 Å². The van der Waals surface area contributed by atoms with Gasteiger partial charge >= 0.3 is 0 Å². The molecule has 7 heteroatoms. The molecule has 1 aliphatic rings. The third kappa shape index (κ3) is 2.71. The Morgan fingerprint density at radius 3 is 3.05 bits per heavy atom. The van der Waals surface area contributed by atoms with E-state index in [0.717, 1.165) is 19.0 Å². The number of aryl methyl sites for hydroxylation is 2. The minimum absolute atomic E-state index is 0.174. The second kappa shape index (κ2) is 5.50. The number of nitrogens with zero attached hydrogens (tertiary/aromatic N) is 3. The molecule has 106 valence electrons. The quantitative estimate of drug-likeness (QED) is 0.692. The fraction of sp³-hybridized carbons (Fsp3) is 0.286. The molecule has 0 bridgehead atoms. The lowest BCUT2D eigenvalue weighted by molar-refractivity contribution is -0.385. The van der Waals surface area contributed by atoms with Crippen LogP contribution in [0.1, 0.15) is 27.3 Å². The van der Waals surface area contributed by atoms with Gasteiger partial charge in [0.05, 0.1) is 11.5 Å². The summed E-state index contributed by atoms with van der Waals surface area (Å²) in [6.45, 7) is 0.581. The van der Waals surface area contributed by atoms with Gasteiger partial charge in [0.1, 0.15) is 23.6 Å². The molecule has 0 atom stereocenters. The number of nitro groups is 1. The van der Waals surface area contributed by atoms with Gasteiger partial charge in [-0.2, -0.15) is 5.26 Å². The number of hydrogen-bond acceptors (Lipinski definition) is 6. The zero-order valence-electron chi connectivity index (χ0n) is 11.1. The van der Waals surface area contributed by atoms with Gasteiger partial charge in [-0.05, 0) is 30.9 Å². The highest BCUT2D eigenvalue weighted by Gasteiger charge is 2.16. The monoisotopic (exact) mass is 300 g/mol. The average Bonchev–Trinajstić information content (AvgIpc) is 3.05. The van der Waals surface area contributed by atoms with E-state index in [2.05, 4.69) is 16.4 Å². The van der Waals surface area contributed by atoms with Crippen LogP contribution in [0.15, 0.2) is 18.3 Å². The molecule has 0 aliphatic heterocycles. The number of aromatic nitrogens is 1. The summed E-state index contributed by atoms with van der Waals surface area (Å²) in [5, 5.41) is 22.8. The SMILES string of the molecule is N#Cc1cc([N+](=O)[O-])cnc1NCc1cc2c(s1)CCC2. The summed E-state index contributed by atoms with van der Waals surface area (Å²) in [6.07, 6.45) is 4.69. The van der Waals surface area contributed by atoms with Crippen LogP contribution in [0.5, 0.6) is 0 Å². The Morgan fingerprint density at radius 1 is 1.48 bits per heavy atom. The predicted octanol–water partition coefficient (Wildman–Crippen LogP) is 3.02. The molecule has 2 aromatic rings. The average molecular weight is 300 g/mol. The number of anilines is 1. The minimum atomic E-state index is -0.554. The van der Waals surface area contributed by atoms with Crippen LogP contribution in [0, 0.1) is 21.4 Å². The topological polar surface area (TPSA) is 91.8 Å². The first-order valence-electron chi connectivity index (χ1n) is 6.56. The van der Waals surface area contributed by atoms with Gasteiger partial charge in [0.15, 0.2) is 0 Å². The van der Waals surface area contributed by atoms with E-state index >= 15 is 0 Å². The van der Waals surface area contributed by atoms with E-state index in [0.29, 0.717) is 12.4 Å². The van der Waals surface area contributed by atoms with E-state index < -0.39 is 4.92 Å². The van der Waals surface area contributed by atoms with Crippen LogP contribution < -0.4 is 5.32 Å². The standard InChI is InChI=1S/C14H12N4O2S/c15-6-10-4-11(18(19)20)7-16-14(10)17-8-12-5-9-2-1-3-13(9)21-12/h4-5,7H,1-3,8H2,(H,16,17). The van der Waals surface area contributed by atoms with Crippen molar-refractivity contribution in [2.75, 3.05) is 5.32 Å². The molecule has 0 radical (unpaired) electrons. The van der Waals surface area contributed by atoms with Crippen molar-refractivity contribution in [1.29, 1.82) is 5.26 Å². The van der Waals surface area contributed by atoms with Crippen molar-refractivity contribution in [2.24, 2.45) is 0 Å². The second-order valence-corrected chi connectivity index (χ2v) is 6.05. The summed E-state index contributed by atoms with van der Waals surface area (Å²) in [4.78, 5) is 16.7. The van der Waals surface area contributed by atoms with E-state index in [-0.39, 0.29) is 11.3 Å². The molecule has 3 rings (SSSR count). The van der Waals surface area contributed by atoms with Gasteiger partial charge in [-0.25, -0.2) is 4.98 Å². The van der Waals surface area contributed by atoms with Crippen LogP contribution in [-0.4, -0.2) is 9.91 Å². The van der Waals surface area contributed by atoms with Crippen molar-refractivity contribution in [1.82, 2.24) is 4.98 Å². The van der Waals surface area contributed by atoms with E-state index in [1.807, 2.05) is 6.07 Å². The summed E-state index contributed by atoms with van der Waals surface area (Å²) in [7, 11) is 0. The fourth-order valence-electron chi connectivity index (χ4n) is 2.43. The molecule has 0 saturated heterocycles. The van der Waals surface area contributed by atoms with Crippen molar-refractivity contribution < 1.29 is 4.92 Å². The Labute approximate surface area is 125 Å². The van der Waals surface area contributed by atoms with Crippen LogP contribution in [0.4, 0.5) is 11.5 Å². The lowest BCUT2D eigenvalue weighted by Crippen LogP contribution is -2.03. The Hall–Kier alpha value is -2.46. The highest BCUT2D eigenvalue weighted by atomic mass is 32.1. The fourth-order valence-corrected chi connectivity index (χ4v) is 3.63. The van der Waals surface area contributed by atoms with Crippen molar-refractivity contribution >= 4 is 22.8 Å². The molecule has 6 nitrogen and oxygen atoms in total. The second-order valence-electron chi connectivity index (χ2n) is 4.83. The molecule has 1 aliphatic carbocycles. The zero-order chi connectivity index (χ0) is 14.8. The molecule has 2 aromatic heterocycles. The molecule has 0 aromatic carbocycles. The predicted molar refractivity (Wildman–Crippen MR) is 79.3 cm³/mol. The summed E-state index contributed by atoms with van der Waals surface area (Å²) in [6, 6.07) is 5.37. The number of fused-ring (bicyclic) bond motifs is 1. The Balaban J connectivity index is 1.75. The molecular weight excluding hydrogens is 288 g/mol. The number of nitrogens with one attached hydrogen (secondary N) is 1. The smallest absolute Gasteiger partial charge is 0.289 e. The maximum Gasteiger partial charge on any atom is 0.289 e. The normalized spacial score (nSPS) is 12.7. The molecule has 2 heterocycles. The maximum absolute atomic E-state index is 10.7. The van der Waals surface area contributed by atoms with Crippen molar-refractivity contribution in [3.63, 3.8) is 0 Å².